The van der Waals surface area contributed by atoms with Gasteiger partial charge in [-0.05, 0) is 19.1 Å². The van der Waals surface area contributed by atoms with E-state index in [0.717, 1.165) is 0 Å². The molecule has 0 unspecified atom stereocenters. The molecule has 0 bridgehead atoms. The van der Waals surface area contributed by atoms with Gasteiger partial charge in [-0.2, -0.15) is 0 Å². The van der Waals surface area contributed by atoms with Gasteiger partial charge >= 0.3 is 0 Å². The Hall–Kier alpha value is -2.15. The Labute approximate surface area is 104 Å². The van der Waals surface area contributed by atoms with Gasteiger partial charge in [0.15, 0.2) is 0 Å². The van der Waals surface area contributed by atoms with Crippen molar-refractivity contribution in [1.82, 2.24) is 10.6 Å². The molecule has 0 heterocycles. The number of hydrogen-bond donors (Lipinski definition) is 4. The quantitative estimate of drug-likeness (QED) is 0.438. The number of nitrogens with one attached hydrogen (secondary N) is 3. The summed E-state index contributed by atoms with van der Waals surface area (Å²) in [5.74, 6) is 3.62. The third-order valence-corrected chi connectivity index (χ3v) is 2.19. The Balaban J connectivity index is 2.73. The molecular formula is C11H15FN4O2. The van der Waals surface area contributed by atoms with E-state index in [9.17, 15) is 14.0 Å². The minimum Gasteiger partial charge on any atom is -0.355 e. The summed E-state index contributed by atoms with van der Waals surface area (Å²) in [6.07, 6.45) is 0. The van der Waals surface area contributed by atoms with Crippen molar-refractivity contribution in [2.75, 3.05) is 18.5 Å². The summed E-state index contributed by atoms with van der Waals surface area (Å²) in [5, 5.41) is 4.90. The molecule has 7 heteroatoms. The zero-order chi connectivity index (χ0) is 13.5. The summed E-state index contributed by atoms with van der Waals surface area (Å²) in [4.78, 5) is 22.9. The Bertz CT molecular complexity index is 451. The van der Waals surface area contributed by atoms with Gasteiger partial charge in [0.25, 0.3) is 5.91 Å². The van der Waals surface area contributed by atoms with E-state index < -0.39 is 11.7 Å². The average molecular weight is 254 g/mol. The maximum absolute atomic E-state index is 13.3. The van der Waals surface area contributed by atoms with Crippen LogP contribution in [0.1, 0.15) is 17.3 Å². The fourth-order valence-corrected chi connectivity index (χ4v) is 1.38. The summed E-state index contributed by atoms with van der Waals surface area (Å²) in [7, 11) is 0. The van der Waals surface area contributed by atoms with E-state index in [0.29, 0.717) is 6.54 Å². The molecule has 6 nitrogen and oxygen atoms in total. The molecule has 1 rings (SSSR count). The van der Waals surface area contributed by atoms with Crippen LogP contribution in [-0.4, -0.2) is 24.9 Å². The molecule has 5 N–H and O–H groups in total. The molecular weight excluding hydrogens is 239 g/mol. The Morgan fingerprint density at radius 2 is 2.06 bits per heavy atom. The predicted octanol–water partition coefficient (Wildman–Crippen LogP) is -0.0228. The van der Waals surface area contributed by atoms with Crippen molar-refractivity contribution in [3.05, 3.63) is 29.6 Å². The molecule has 98 valence electrons. The van der Waals surface area contributed by atoms with Crippen LogP contribution in [0.15, 0.2) is 18.2 Å². The molecule has 0 aromatic heterocycles. The van der Waals surface area contributed by atoms with Crippen LogP contribution in [0, 0.1) is 5.82 Å². The highest BCUT2D eigenvalue weighted by atomic mass is 19.1. The van der Waals surface area contributed by atoms with Gasteiger partial charge in [-0.1, -0.05) is 6.07 Å². The van der Waals surface area contributed by atoms with Crippen molar-refractivity contribution in [3.63, 3.8) is 0 Å². The van der Waals surface area contributed by atoms with Gasteiger partial charge in [0.1, 0.15) is 5.82 Å². The number of para-hydroxylation sites is 1. The van der Waals surface area contributed by atoms with Gasteiger partial charge < -0.3 is 16.1 Å². The molecule has 0 saturated heterocycles. The van der Waals surface area contributed by atoms with Crippen molar-refractivity contribution < 1.29 is 14.0 Å². The minimum absolute atomic E-state index is 0.0433. The molecule has 0 atom stereocenters. The number of hydrazine groups is 1. The van der Waals surface area contributed by atoms with Crippen LogP contribution in [0.5, 0.6) is 0 Å². The number of carbonyl (C=O) groups is 2. The third kappa shape index (κ3) is 3.42. The lowest BCUT2D eigenvalue weighted by Gasteiger charge is -2.10. The lowest BCUT2D eigenvalue weighted by Crippen LogP contribution is -2.37. The van der Waals surface area contributed by atoms with E-state index in [4.69, 9.17) is 5.84 Å². The first kappa shape index (κ1) is 13.9. The summed E-state index contributed by atoms with van der Waals surface area (Å²) in [5.41, 5.74) is 2.06. The number of amides is 2. The number of halogens is 1. The molecule has 2 amide bonds. The second-order valence-electron chi connectivity index (χ2n) is 3.44. The highest BCUT2D eigenvalue weighted by Crippen LogP contribution is 2.18. The second-order valence-corrected chi connectivity index (χ2v) is 3.44. The summed E-state index contributed by atoms with van der Waals surface area (Å²) in [6.45, 7) is 2.07. The second kappa shape index (κ2) is 6.55. The fourth-order valence-electron chi connectivity index (χ4n) is 1.38. The first-order chi connectivity index (χ1) is 8.60. The molecule has 0 aliphatic heterocycles. The highest BCUT2D eigenvalue weighted by Gasteiger charge is 2.14. The number of rotatable bonds is 5. The molecule has 1 aromatic carbocycles. The monoisotopic (exact) mass is 254 g/mol. The van der Waals surface area contributed by atoms with Gasteiger partial charge in [-0.3, -0.25) is 15.4 Å². The van der Waals surface area contributed by atoms with Crippen molar-refractivity contribution in [2.45, 2.75) is 6.92 Å². The highest BCUT2D eigenvalue weighted by molar-refractivity contribution is 6.01. The number of carbonyl (C=O) groups excluding carboxylic acids is 2. The summed E-state index contributed by atoms with van der Waals surface area (Å²) < 4.78 is 13.3. The van der Waals surface area contributed by atoms with Crippen molar-refractivity contribution in [3.8, 4) is 0 Å². The number of benzene rings is 1. The lowest BCUT2D eigenvalue weighted by molar-refractivity contribution is -0.120. The zero-order valence-corrected chi connectivity index (χ0v) is 9.92. The van der Waals surface area contributed by atoms with E-state index >= 15 is 0 Å². The molecule has 0 aliphatic carbocycles. The van der Waals surface area contributed by atoms with Gasteiger partial charge in [0.05, 0.1) is 17.8 Å². The standard InChI is InChI=1S/C11H15FN4O2/c1-2-14-9(17)6-15-11(18)7-4-3-5-8(12)10(7)16-13/h3-5,16H,2,6,13H2,1H3,(H,14,17)(H,15,18). The van der Waals surface area contributed by atoms with Crippen LogP contribution in [0.3, 0.4) is 0 Å². The van der Waals surface area contributed by atoms with Crippen molar-refractivity contribution >= 4 is 17.5 Å². The Morgan fingerprint density at radius 3 is 2.67 bits per heavy atom. The smallest absolute Gasteiger partial charge is 0.253 e. The van der Waals surface area contributed by atoms with Crippen LogP contribution in [0.2, 0.25) is 0 Å². The van der Waals surface area contributed by atoms with Crippen LogP contribution in [-0.2, 0) is 4.79 Å². The van der Waals surface area contributed by atoms with Gasteiger partial charge in [0.2, 0.25) is 5.91 Å². The van der Waals surface area contributed by atoms with E-state index in [1.165, 1.54) is 18.2 Å². The average Bonchev–Trinajstić information content (AvgIpc) is 2.36. The predicted molar refractivity (Wildman–Crippen MR) is 65.2 cm³/mol. The Morgan fingerprint density at radius 1 is 1.33 bits per heavy atom. The van der Waals surface area contributed by atoms with E-state index in [2.05, 4.69) is 16.1 Å². The maximum atomic E-state index is 13.3. The van der Waals surface area contributed by atoms with E-state index in [1.54, 1.807) is 6.92 Å². The zero-order valence-electron chi connectivity index (χ0n) is 9.92. The number of nitrogen functional groups attached to an aromatic ring is 1. The lowest BCUT2D eigenvalue weighted by atomic mass is 10.1. The van der Waals surface area contributed by atoms with Crippen LogP contribution in [0.4, 0.5) is 10.1 Å². The van der Waals surface area contributed by atoms with Gasteiger partial charge in [-0.25, -0.2) is 4.39 Å². The van der Waals surface area contributed by atoms with Crippen LogP contribution in [0.25, 0.3) is 0 Å². The SMILES string of the molecule is CCNC(=O)CNC(=O)c1cccc(F)c1NN. The maximum Gasteiger partial charge on any atom is 0.253 e. The fraction of sp³-hybridized carbons (Fsp3) is 0.273. The number of hydrogen-bond acceptors (Lipinski definition) is 4. The molecule has 1 aromatic rings. The number of nitrogens with two attached hydrogens (primary N) is 1. The molecule has 0 spiro atoms. The van der Waals surface area contributed by atoms with E-state index in [-0.39, 0.29) is 23.7 Å². The molecule has 0 radical (unpaired) electrons. The van der Waals surface area contributed by atoms with Crippen molar-refractivity contribution in [1.29, 1.82) is 0 Å². The molecule has 0 aliphatic rings. The summed E-state index contributed by atoms with van der Waals surface area (Å²) >= 11 is 0. The molecule has 18 heavy (non-hydrogen) atoms. The third-order valence-electron chi connectivity index (χ3n) is 2.19. The first-order valence-electron chi connectivity index (χ1n) is 5.40. The Kier molecular flexibility index (Phi) is 5.06. The molecule has 0 fully saturated rings. The van der Waals surface area contributed by atoms with Crippen molar-refractivity contribution in [2.24, 2.45) is 5.84 Å². The van der Waals surface area contributed by atoms with E-state index in [1.807, 2.05) is 0 Å². The van der Waals surface area contributed by atoms with Gasteiger partial charge in [0, 0.05) is 6.54 Å². The number of anilines is 1. The van der Waals surface area contributed by atoms with Crippen LogP contribution < -0.4 is 21.9 Å². The normalized spacial score (nSPS) is 9.72. The molecule has 0 saturated carbocycles. The topological polar surface area (TPSA) is 96.2 Å². The van der Waals surface area contributed by atoms with Gasteiger partial charge in [-0.15, -0.1) is 0 Å². The van der Waals surface area contributed by atoms with Crippen LogP contribution >= 0.6 is 0 Å². The minimum atomic E-state index is -0.636. The largest absolute Gasteiger partial charge is 0.355 e. The first-order valence-corrected chi connectivity index (χ1v) is 5.40. The summed E-state index contributed by atoms with van der Waals surface area (Å²) in [6, 6.07) is 3.97. The number of likely N-dealkylation sites (N-methyl/N-ethyl adjacent to an activating group) is 1.